The predicted octanol–water partition coefficient (Wildman–Crippen LogP) is 0.888. The summed E-state index contributed by atoms with van der Waals surface area (Å²) in [5.74, 6) is -0.00495. The third-order valence-electron chi connectivity index (χ3n) is 3.57. The van der Waals surface area contributed by atoms with Crippen LogP contribution < -0.4 is 4.90 Å². The molecule has 98 valence electrons. The first kappa shape index (κ1) is 12.9. The van der Waals surface area contributed by atoms with Gasteiger partial charge in [-0.3, -0.25) is 4.79 Å². The second-order valence-electron chi connectivity index (χ2n) is 4.63. The molecule has 1 aliphatic rings. The van der Waals surface area contributed by atoms with Crippen LogP contribution in [0.25, 0.3) is 0 Å². The van der Waals surface area contributed by atoms with Crippen LogP contribution in [-0.2, 0) is 11.2 Å². The summed E-state index contributed by atoms with van der Waals surface area (Å²) in [5.41, 5.74) is 2.29. The maximum absolute atomic E-state index is 12.1. The summed E-state index contributed by atoms with van der Waals surface area (Å²) in [7, 11) is 1.79. The highest BCUT2D eigenvalue weighted by molar-refractivity contribution is 5.87. The zero-order chi connectivity index (χ0) is 13.1. The molecule has 1 atom stereocenters. The summed E-state index contributed by atoms with van der Waals surface area (Å²) in [4.78, 5) is 15.8. The Labute approximate surface area is 108 Å². The molecule has 1 aromatic carbocycles. The van der Waals surface area contributed by atoms with E-state index in [-0.39, 0.29) is 12.5 Å². The molecule has 1 heterocycles. The topological polar surface area (TPSA) is 43.8 Å². The van der Waals surface area contributed by atoms with Gasteiger partial charge >= 0.3 is 0 Å². The first-order chi connectivity index (χ1) is 8.69. The maximum atomic E-state index is 12.1. The van der Waals surface area contributed by atoms with E-state index in [0.717, 1.165) is 18.7 Å². The number of benzene rings is 1. The first-order valence-electron chi connectivity index (χ1n) is 6.39. The van der Waals surface area contributed by atoms with Crippen LogP contribution in [0.3, 0.4) is 0 Å². The zero-order valence-corrected chi connectivity index (χ0v) is 11.0. The number of aliphatic hydroxyl groups excluding tert-OH is 1. The van der Waals surface area contributed by atoms with Gasteiger partial charge in [0.05, 0.1) is 6.61 Å². The lowest BCUT2D eigenvalue weighted by Gasteiger charge is -2.40. The predicted molar refractivity (Wildman–Crippen MR) is 71.7 cm³/mol. The van der Waals surface area contributed by atoms with Crippen LogP contribution >= 0.6 is 0 Å². The van der Waals surface area contributed by atoms with E-state index in [1.807, 2.05) is 23.1 Å². The van der Waals surface area contributed by atoms with Gasteiger partial charge in [0.2, 0.25) is 5.91 Å². The van der Waals surface area contributed by atoms with Gasteiger partial charge < -0.3 is 14.9 Å². The fraction of sp³-hybridized carbons (Fsp3) is 0.500. The molecule has 4 nitrogen and oxygen atoms in total. The number of carbonyl (C=O) groups is 1. The molecular weight excluding hydrogens is 228 g/mol. The number of likely N-dealkylation sites (N-methyl/N-ethyl adjacent to an activating group) is 1. The molecule has 0 saturated carbocycles. The second-order valence-corrected chi connectivity index (χ2v) is 4.63. The molecule has 0 radical (unpaired) electrons. The largest absolute Gasteiger partial charge is 0.394 e. The van der Waals surface area contributed by atoms with Crippen molar-refractivity contribution in [3.8, 4) is 0 Å². The highest BCUT2D eigenvalue weighted by atomic mass is 16.3. The van der Waals surface area contributed by atoms with Gasteiger partial charge in [0.15, 0.2) is 0 Å². The van der Waals surface area contributed by atoms with E-state index >= 15 is 0 Å². The van der Waals surface area contributed by atoms with Crippen LogP contribution in [0.15, 0.2) is 24.3 Å². The fourth-order valence-corrected chi connectivity index (χ4v) is 2.47. The van der Waals surface area contributed by atoms with Crippen LogP contribution in [0.2, 0.25) is 0 Å². The fourth-order valence-electron chi connectivity index (χ4n) is 2.47. The van der Waals surface area contributed by atoms with E-state index in [1.165, 1.54) is 5.56 Å². The van der Waals surface area contributed by atoms with Crippen LogP contribution in [0.1, 0.15) is 12.5 Å². The van der Waals surface area contributed by atoms with Gasteiger partial charge in [-0.15, -0.1) is 0 Å². The Kier molecular flexibility index (Phi) is 3.87. The summed E-state index contributed by atoms with van der Waals surface area (Å²) in [6, 6.07) is 7.64. The lowest BCUT2D eigenvalue weighted by atomic mass is 10.1. The third-order valence-corrected chi connectivity index (χ3v) is 3.57. The number of hydrogen-bond acceptors (Lipinski definition) is 3. The molecule has 0 aromatic heterocycles. The van der Waals surface area contributed by atoms with Gasteiger partial charge in [0.25, 0.3) is 0 Å². The molecular formula is C14H20N2O2. The third kappa shape index (κ3) is 2.20. The number of para-hydroxylation sites is 1. The minimum absolute atomic E-state index is 0.00495. The smallest absolute Gasteiger partial charge is 0.247 e. The van der Waals surface area contributed by atoms with Gasteiger partial charge in [0.1, 0.15) is 6.04 Å². The lowest BCUT2D eigenvalue weighted by molar-refractivity contribution is -0.133. The Morgan fingerprint density at radius 3 is 2.72 bits per heavy atom. The molecule has 18 heavy (non-hydrogen) atoms. The normalized spacial score (nSPS) is 20.4. The molecule has 1 fully saturated rings. The van der Waals surface area contributed by atoms with Crippen molar-refractivity contribution >= 4 is 11.6 Å². The van der Waals surface area contributed by atoms with Crippen molar-refractivity contribution in [1.29, 1.82) is 0 Å². The first-order valence-corrected chi connectivity index (χ1v) is 6.39. The average molecular weight is 248 g/mol. The quantitative estimate of drug-likeness (QED) is 0.864. The highest BCUT2D eigenvalue weighted by Gasteiger charge is 2.33. The van der Waals surface area contributed by atoms with Crippen molar-refractivity contribution in [2.75, 3.05) is 31.6 Å². The molecule has 0 aliphatic carbocycles. The molecule has 1 aliphatic heterocycles. The summed E-state index contributed by atoms with van der Waals surface area (Å²) in [6.07, 6.45) is 0.925. The van der Waals surface area contributed by atoms with Crippen molar-refractivity contribution in [3.05, 3.63) is 29.8 Å². The van der Waals surface area contributed by atoms with Crippen molar-refractivity contribution in [1.82, 2.24) is 4.90 Å². The van der Waals surface area contributed by atoms with Gasteiger partial charge in [-0.05, 0) is 18.1 Å². The van der Waals surface area contributed by atoms with Gasteiger partial charge in [-0.25, -0.2) is 0 Å². The molecule has 1 aromatic rings. The second kappa shape index (κ2) is 5.40. The summed E-state index contributed by atoms with van der Waals surface area (Å²) in [5, 5.41) is 9.49. The van der Waals surface area contributed by atoms with Gasteiger partial charge in [-0.1, -0.05) is 25.1 Å². The number of hydrogen-bond donors (Lipinski definition) is 1. The number of nitrogens with zero attached hydrogens (tertiary/aromatic N) is 2. The molecule has 0 spiro atoms. The van der Waals surface area contributed by atoms with E-state index in [4.69, 9.17) is 0 Å². The number of aryl methyl sites for hydroxylation is 1. The standard InChI is InChI=1S/C14H20N2O2/c1-3-11-6-4-5-7-12(11)16-9-8-15(2)14(18)13(16)10-17/h4-7,13,17H,3,8-10H2,1-2H3. The zero-order valence-electron chi connectivity index (χ0n) is 11.0. The van der Waals surface area contributed by atoms with Crippen LogP contribution in [-0.4, -0.2) is 48.7 Å². The number of carbonyl (C=O) groups excluding carboxylic acids is 1. The Bertz CT molecular complexity index is 434. The van der Waals surface area contributed by atoms with E-state index in [9.17, 15) is 9.90 Å². The number of piperazine rings is 1. The van der Waals surface area contributed by atoms with Crippen molar-refractivity contribution in [2.45, 2.75) is 19.4 Å². The van der Waals surface area contributed by atoms with Crippen molar-refractivity contribution in [2.24, 2.45) is 0 Å². The number of aliphatic hydroxyl groups is 1. The molecule has 0 bridgehead atoms. The minimum Gasteiger partial charge on any atom is -0.394 e. The average Bonchev–Trinajstić information content (AvgIpc) is 2.41. The maximum Gasteiger partial charge on any atom is 0.247 e. The van der Waals surface area contributed by atoms with E-state index < -0.39 is 6.04 Å². The molecule has 2 rings (SSSR count). The lowest BCUT2D eigenvalue weighted by Crippen LogP contribution is -2.57. The summed E-state index contributed by atoms with van der Waals surface area (Å²) < 4.78 is 0. The van der Waals surface area contributed by atoms with Crippen LogP contribution in [0, 0.1) is 0 Å². The van der Waals surface area contributed by atoms with E-state index in [0.29, 0.717) is 6.54 Å². The summed E-state index contributed by atoms with van der Waals surface area (Å²) in [6.45, 7) is 3.43. The van der Waals surface area contributed by atoms with Crippen LogP contribution in [0.5, 0.6) is 0 Å². The SMILES string of the molecule is CCc1ccccc1N1CCN(C)C(=O)C1CO. The molecule has 1 N–H and O–H groups in total. The highest BCUT2D eigenvalue weighted by Crippen LogP contribution is 2.25. The minimum atomic E-state index is -0.448. The Morgan fingerprint density at radius 1 is 1.33 bits per heavy atom. The Morgan fingerprint density at radius 2 is 2.06 bits per heavy atom. The molecule has 1 unspecified atom stereocenters. The van der Waals surface area contributed by atoms with Gasteiger partial charge in [0, 0.05) is 25.8 Å². The van der Waals surface area contributed by atoms with E-state index in [2.05, 4.69) is 13.0 Å². The number of rotatable bonds is 3. The molecule has 1 amide bonds. The monoisotopic (exact) mass is 248 g/mol. The van der Waals surface area contributed by atoms with Gasteiger partial charge in [-0.2, -0.15) is 0 Å². The summed E-state index contributed by atoms with van der Waals surface area (Å²) >= 11 is 0. The Hall–Kier alpha value is -1.55. The number of amides is 1. The van der Waals surface area contributed by atoms with Crippen molar-refractivity contribution in [3.63, 3.8) is 0 Å². The van der Waals surface area contributed by atoms with E-state index in [1.54, 1.807) is 11.9 Å². The Balaban J connectivity index is 2.34. The number of anilines is 1. The molecule has 1 saturated heterocycles. The molecule has 4 heteroatoms. The van der Waals surface area contributed by atoms with Crippen LogP contribution in [0.4, 0.5) is 5.69 Å². The van der Waals surface area contributed by atoms with Crippen molar-refractivity contribution < 1.29 is 9.90 Å².